The van der Waals surface area contributed by atoms with E-state index in [2.05, 4.69) is 26.3 Å². The van der Waals surface area contributed by atoms with Crippen LogP contribution < -0.4 is 25.4 Å². The van der Waals surface area contributed by atoms with Gasteiger partial charge in [0.1, 0.15) is 18.7 Å². The lowest BCUT2D eigenvalue weighted by Crippen LogP contribution is -2.58. The molecule has 0 spiro atoms. The van der Waals surface area contributed by atoms with E-state index in [0.717, 1.165) is 11.3 Å². The van der Waals surface area contributed by atoms with Crippen molar-refractivity contribution in [3.63, 3.8) is 0 Å². The van der Waals surface area contributed by atoms with Gasteiger partial charge in [0.25, 0.3) is 5.91 Å². The highest BCUT2D eigenvalue weighted by molar-refractivity contribution is 5.99. The monoisotopic (exact) mass is 623 g/mol. The Balaban J connectivity index is 1.61. The van der Waals surface area contributed by atoms with Crippen LogP contribution in [0, 0.1) is 0 Å². The van der Waals surface area contributed by atoms with Crippen molar-refractivity contribution in [1.29, 1.82) is 0 Å². The number of carbonyl (C=O) groups is 3. The van der Waals surface area contributed by atoms with Gasteiger partial charge in [-0.05, 0) is 30.7 Å². The molecule has 0 radical (unpaired) electrons. The van der Waals surface area contributed by atoms with Crippen LogP contribution in [0.25, 0.3) is 0 Å². The minimum atomic E-state index is -1.27. The molecule has 242 valence electrons. The van der Waals surface area contributed by atoms with E-state index in [4.69, 9.17) is 9.47 Å². The number of benzene rings is 2. The van der Waals surface area contributed by atoms with E-state index in [1.54, 1.807) is 16.8 Å². The van der Waals surface area contributed by atoms with Gasteiger partial charge < -0.3 is 35.6 Å². The van der Waals surface area contributed by atoms with Crippen molar-refractivity contribution in [2.24, 2.45) is 0 Å². The molecule has 5 N–H and O–H groups in total. The van der Waals surface area contributed by atoms with Crippen molar-refractivity contribution < 1.29 is 34.1 Å². The van der Waals surface area contributed by atoms with Gasteiger partial charge in [-0.15, -0.1) is 5.10 Å². The Morgan fingerprint density at radius 2 is 1.87 bits per heavy atom. The van der Waals surface area contributed by atoms with Gasteiger partial charge in [-0.1, -0.05) is 35.5 Å². The van der Waals surface area contributed by atoms with Gasteiger partial charge in [0, 0.05) is 50.8 Å². The highest BCUT2D eigenvalue weighted by Gasteiger charge is 2.30. The van der Waals surface area contributed by atoms with E-state index in [-0.39, 0.29) is 31.7 Å². The number of rotatable bonds is 6. The van der Waals surface area contributed by atoms with Crippen molar-refractivity contribution in [3.05, 3.63) is 71.5 Å². The van der Waals surface area contributed by atoms with Crippen molar-refractivity contribution in [3.8, 4) is 11.5 Å². The van der Waals surface area contributed by atoms with E-state index < -0.39 is 35.9 Å². The molecule has 4 bridgehead atoms. The normalized spacial score (nSPS) is 20.0. The molecule has 3 atom stereocenters. The largest absolute Gasteiger partial charge is 0.493 e. The summed E-state index contributed by atoms with van der Waals surface area (Å²) in [7, 11) is 1.47. The van der Waals surface area contributed by atoms with Crippen LogP contribution in [0.5, 0.6) is 11.5 Å². The van der Waals surface area contributed by atoms with Crippen molar-refractivity contribution in [1.82, 2.24) is 35.8 Å². The second-order valence-corrected chi connectivity index (χ2v) is 10.7. The van der Waals surface area contributed by atoms with Crippen LogP contribution in [-0.4, -0.2) is 113 Å². The number of hydrogen-bond donors (Lipinski definition) is 5. The minimum Gasteiger partial charge on any atom is -0.493 e. The van der Waals surface area contributed by atoms with Gasteiger partial charge in [-0.3, -0.25) is 19.3 Å². The molecule has 0 fully saturated rings. The Bertz CT molecular complexity index is 1420. The van der Waals surface area contributed by atoms with Gasteiger partial charge >= 0.3 is 0 Å². The molecule has 0 saturated heterocycles. The molecule has 2 aliphatic rings. The summed E-state index contributed by atoms with van der Waals surface area (Å²) in [6.45, 7) is 3.61. The molecule has 0 unspecified atom stereocenters. The van der Waals surface area contributed by atoms with Crippen LogP contribution in [0.1, 0.15) is 28.5 Å². The number of amides is 3. The summed E-state index contributed by atoms with van der Waals surface area (Å²) in [6, 6.07) is 11.5. The smallest absolute Gasteiger partial charge is 0.252 e. The van der Waals surface area contributed by atoms with Gasteiger partial charge in [0.05, 0.1) is 32.1 Å². The fourth-order valence-electron chi connectivity index (χ4n) is 4.90. The molecule has 14 heteroatoms. The summed E-state index contributed by atoms with van der Waals surface area (Å²) >= 11 is 0. The average molecular weight is 624 g/mol. The maximum Gasteiger partial charge on any atom is 0.252 e. The summed E-state index contributed by atoms with van der Waals surface area (Å²) in [5.74, 6) is -0.982. The van der Waals surface area contributed by atoms with Crippen LogP contribution in [0.3, 0.4) is 0 Å². The Kier molecular flexibility index (Phi) is 12.2. The topological polar surface area (TPSA) is 180 Å². The molecule has 3 heterocycles. The van der Waals surface area contributed by atoms with Crippen LogP contribution >= 0.6 is 0 Å². The average Bonchev–Trinajstić information content (AvgIpc) is 3.49. The lowest BCUT2D eigenvalue weighted by molar-refractivity contribution is -0.132. The number of carbonyl (C=O) groups excluding carboxylic acids is 3. The molecule has 5 rings (SSSR count). The molecule has 0 saturated carbocycles. The van der Waals surface area contributed by atoms with Gasteiger partial charge in [0.15, 0.2) is 11.5 Å². The quantitative estimate of drug-likeness (QED) is 0.226. The highest BCUT2D eigenvalue weighted by Crippen LogP contribution is 2.28. The minimum absolute atomic E-state index is 0.0663. The third kappa shape index (κ3) is 9.73. The number of hydrogen-bond acceptors (Lipinski definition) is 10. The summed E-state index contributed by atoms with van der Waals surface area (Å²) in [6.07, 6.45) is 1.32. The van der Waals surface area contributed by atoms with Crippen LogP contribution in [0.2, 0.25) is 0 Å². The molecular formula is C31H41N7O7. The number of nitrogens with zero attached hydrogens (tertiary/aromatic N) is 4. The molecule has 45 heavy (non-hydrogen) atoms. The van der Waals surface area contributed by atoms with E-state index in [1.807, 2.05) is 41.4 Å². The maximum absolute atomic E-state index is 13.6. The molecule has 2 aromatic carbocycles. The Morgan fingerprint density at radius 1 is 1.07 bits per heavy atom. The van der Waals surface area contributed by atoms with Gasteiger partial charge in [0.2, 0.25) is 11.8 Å². The first-order chi connectivity index (χ1) is 21.8. The number of ether oxygens (including phenoxy) is 2. The predicted octanol–water partition coefficient (Wildman–Crippen LogP) is -0.461. The first-order valence-electron chi connectivity index (χ1n) is 14.9. The van der Waals surface area contributed by atoms with Crippen molar-refractivity contribution in [2.75, 3.05) is 46.5 Å². The zero-order valence-electron chi connectivity index (χ0n) is 25.5. The van der Waals surface area contributed by atoms with Crippen LogP contribution in [0.15, 0.2) is 54.7 Å². The molecule has 3 aromatic rings. The van der Waals surface area contributed by atoms with E-state index in [1.165, 1.54) is 20.1 Å². The van der Waals surface area contributed by atoms with Gasteiger partial charge in [-0.25, -0.2) is 4.68 Å². The van der Waals surface area contributed by atoms with Crippen LogP contribution in [0.4, 0.5) is 0 Å². The predicted molar refractivity (Wildman–Crippen MR) is 164 cm³/mol. The fourth-order valence-corrected chi connectivity index (χ4v) is 4.90. The zero-order chi connectivity index (χ0) is 32.2. The standard InChI is InChI=1S/C31H41N7O7/c1-21(40)28-31(43)32-11-13-37(14-16-39)12-10-24-20-38(36-35-24)15-17-45-26-9-8-23(19-27(26)44-2)29(41)33-25(30(42)34-28)18-22-6-4-3-5-7-22/h3-9,19-21,25,28,39-40H,10-18H2,1-2H3,(H,32,43)(H,33,41)(H,34,42)/t21-,25-,28+/m1/s1. The Hall–Kier alpha value is -4.53. The van der Waals surface area contributed by atoms with E-state index >= 15 is 0 Å². The highest BCUT2D eigenvalue weighted by atomic mass is 16.5. The number of nitrogens with one attached hydrogen (secondary N) is 3. The third-order valence-electron chi connectivity index (χ3n) is 7.38. The fraction of sp³-hybridized carbons (Fsp3) is 0.452. The van der Waals surface area contributed by atoms with E-state index in [9.17, 15) is 24.6 Å². The zero-order valence-corrected chi connectivity index (χ0v) is 25.5. The lowest BCUT2D eigenvalue weighted by atomic mass is 10.0. The molecule has 1 aromatic heterocycles. The summed E-state index contributed by atoms with van der Waals surface area (Å²) in [5.41, 5.74) is 1.79. The first kappa shape index (κ1) is 33.4. The molecule has 2 aliphatic heterocycles. The SMILES string of the molecule is COc1cc2ccc1OCCn1cc(nn1)CCN(CCO)CCNC(=O)[C@H]([C@@H](C)O)NC(=O)[C@@H](Cc1ccccc1)NC2=O. The number of fused-ring (bicyclic) bond motifs is 16. The molecular weight excluding hydrogens is 582 g/mol. The second-order valence-electron chi connectivity index (χ2n) is 10.7. The van der Waals surface area contributed by atoms with Crippen molar-refractivity contribution in [2.45, 2.75) is 44.5 Å². The maximum atomic E-state index is 13.6. The molecule has 0 aliphatic carbocycles. The van der Waals surface area contributed by atoms with Gasteiger partial charge in [-0.2, -0.15) is 0 Å². The number of aromatic nitrogens is 3. The van der Waals surface area contributed by atoms with Crippen molar-refractivity contribution >= 4 is 17.7 Å². The molecule has 3 amide bonds. The number of aliphatic hydroxyl groups is 2. The lowest BCUT2D eigenvalue weighted by Gasteiger charge is -2.26. The number of methoxy groups -OCH3 is 1. The third-order valence-corrected chi connectivity index (χ3v) is 7.38. The summed E-state index contributed by atoms with van der Waals surface area (Å²) in [4.78, 5) is 42.0. The van der Waals surface area contributed by atoms with Crippen LogP contribution in [-0.2, 0) is 29.0 Å². The molecule has 14 nitrogen and oxygen atoms in total. The summed E-state index contributed by atoms with van der Waals surface area (Å²) < 4.78 is 13.1. The Labute approximate surface area is 261 Å². The second kappa shape index (κ2) is 16.5. The number of aliphatic hydroxyl groups excluding tert-OH is 2. The van der Waals surface area contributed by atoms with E-state index in [0.29, 0.717) is 44.1 Å². The Morgan fingerprint density at radius 3 is 2.60 bits per heavy atom. The first-order valence-corrected chi connectivity index (χ1v) is 14.9. The summed E-state index contributed by atoms with van der Waals surface area (Å²) in [5, 5.41) is 36.5.